The van der Waals surface area contributed by atoms with Crippen LogP contribution in [0.15, 0.2) is 47.3 Å². The minimum atomic E-state index is -0.467. The van der Waals surface area contributed by atoms with Crippen LogP contribution in [-0.2, 0) is 17.7 Å². The van der Waals surface area contributed by atoms with Crippen molar-refractivity contribution in [2.75, 3.05) is 13.2 Å². The summed E-state index contributed by atoms with van der Waals surface area (Å²) in [5.74, 6) is 0.540. The summed E-state index contributed by atoms with van der Waals surface area (Å²) in [5.41, 5.74) is 0.824. The van der Waals surface area contributed by atoms with Crippen molar-refractivity contribution < 1.29 is 18.7 Å². The van der Waals surface area contributed by atoms with Gasteiger partial charge in [-0.2, -0.15) is 0 Å². The van der Waals surface area contributed by atoms with Gasteiger partial charge in [-0.05, 0) is 48.9 Å². The number of aromatic nitrogens is 2. The van der Waals surface area contributed by atoms with Crippen LogP contribution >= 0.6 is 0 Å². The molecule has 6 nitrogen and oxygen atoms in total. The molecule has 2 aromatic carbocycles. The fourth-order valence-electron chi connectivity index (χ4n) is 3.24. The van der Waals surface area contributed by atoms with Gasteiger partial charge in [-0.25, -0.2) is 14.2 Å². The predicted octanol–water partition coefficient (Wildman–Crippen LogP) is 3.11. The number of halogens is 1. The van der Waals surface area contributed by atoms with Crippen molar-refractivity contribution in [1.29, 1.82) is 0 Å². The third-order valence-corrected chi connectivity index (χ3v) is 4.66. The molecule has 1 aliphatic rings. The number of ether oxygens (including phenoxy) is 2. The quantitative estimate of drug-likeness (QED) is 0.484. The van der Waals surface area contributed by atoms with Crippen molar-refractivity contribution in [3.63, 3.8) is 0 Å². The Morgan fingerprint density at radius 3 is 2.79 bits per heavy atom. The molecule has 0 amide bonds. The largest absolute Gasteiger partial charge is 0.493 e. The Kier molecular flexibility index (Phi) is 5.06. The Balaban J connectivity index is 1.34. The number of hydrogen-bond acceptors (Lipinski definition) is 5. The summed E-state index contributed by atoms with van der Waals surface area (Å²) in [6.45, 7) is 1.24. The first-order chi connectivity index (χ1) is 13.6. The highest BCUT2D eigenvalue weighted by molar-refractivity contribution is 5.94. The van der Waals surface area contributed by atoms with Crippen molar-refractivity contribution in [2.24, 2.45) is 0 Å². The zero-order valence-corrected chi connectivity index (χ0v) is 15.2. The fourth-order valence-corrected chi connectivity index (χ4v) is 3.24. The number of benzene rings is 2. The van der Waals surface area contributed by atoms with Crippen LogP contribution in [0, 0.1) is 5.82 Å². The molecule has 2 heterocycles. The van der Waals surface area contributed by atoms with Crippen LogP contribution in [0.5, 0.6) is 5.75 Å². The topological polar surface area (TPSA) is 70.4 Å². The second kappa shape index (κ2) is 7.80. The minimum Gasteiger partial charge on any atom is -0.493 e. The normalized spacial score (nSPS) is 12.8. The zero-order valence-electron chi connectivity index (χ0n) is 15.2. The molecule has 7 heteroatoms. The van der Waals surface area contributed by atoms with Gasteiger partial charge in [0.2, 0.25) is 0 Å². The standard InChI is InChI=1S/C21H19FN2O4/c22-15-5-7-16(8-6-15)27-11-2-12-28-21(26)14-4-9-17-18(13-14)23-19-3-1-10-24(19)20(17)25/h4-9,13H,1-3,10-12H2. The van der Waals surface area contributed by atoms with E-state index >= 15 is 0 Å². The van der Waals surface area contributed by atoms with Gasteiger partial charge >= 0.3 is 5.97 Å². The molecular weight excluding hydrogens is 363 g/mol. The van der Waals surface area contributed by atoms with E-state index in [1.807, 2.05) is 0 Å². The maximum Gasteiger partial charge on any atom is 0.338 e. The summed E-state index contributed by atoms with van der Waals surface area (Å²) in [7, 11) is 0. The third kappa shape index (κ3) is 3.74. The van der Waals surface area contributed by atoms with Gasteiger partial charge in [-0.3, -0.25) is 9.36 Å². The molecule has 0 unspecified atom stereocenters. The second-order valence-corrected chi connectivity index (χ2v) is 6.61. The van der Waals surface area contributed by atoms with Crippen molar-refractivity contribution in [3.05, 3.63) is 70.0 Å². The van der Waals surface area contributed by atoms with Crippen molar-refractivity contribution >= 4 is 16.9 Å². The third-order valence-electron chi connectivity index (χ3n) is 4.66. The van der Waals surface area contributed by atoms with Gasteiger partial charge in [0.1, 0.15) is 17.4 Å². The molecule has 4 rings (SSSR count). The van der Waals surface area contributed by atoms with E-state index in [1.165, 1.54) is 12.1 Å². The number of carbonyl (C=O) groups is 1. The number of rotatable bonds is 6. The minimum absolute atomic E-state index is 0.0599. The lowest BCUT2D eigenvalue weighted by atomic mass is 10.1. The highest BCUT2D eigenvalue weighted by Gasteiger charge is 2.17. The van der Waals surface area contributed by atoms with Crippen LogP contribution in [-0.4, -0.2) is 28.7 Å². The molecule has 1 aliphatic heterocycles. The number of nitrogens with zero attached hydrogens (tertiary/aromatic N) is 2. The molecular formula is C21H19FN2O4. The van der Waals surface area contributed by atoms with Gasteiger partial charge in [0.15, 0.2) is 0 Å². The van der Waals surface area contributed by atoms with E-state index in [0.717, 1.165) is 18.7 Å². The van der Waals surface area contributed by atoms with Gasteiger partial charge in [-0.1, -0.05) is 0 Å². The molecule has 0 N–H and O–H groups in total. The number of aryl methyl sites for hydroxylation is 1. The Morgan fingerprint density at radius 2 is 1.96 bits per heavy atom. The van der Waals surface area contributed by atoms with Gasteiger partial charge in [0.05, 0.1) is 29.7 Å². The maximum absolute atomic E-state index is 12.8. The molecule has 3 aromatic rings. The van der Waals surface area contributed by atoms with E-state index in [4.69, 9.17) is 9.47 Å². The van der Waals surface area contributed by atoms with E-state index < -0.39 is 5.97 Å². The van der Waals surface area contributed by atoms with Crippen molar-refractivity contribution in [2.45, 2.75) is 25.8 Å². The van der Waals surface area contributed by atoms with E-state index in [-0.39, 0.29) is 18.0 Å². The van der Waals surface area contributed by atoms with Crippen molar-refractivity contribution in [1.82, 2.24) is 9.55 Å². The van der Waals surface area contributed by atoms with Crippen LogP contribution in [0.4, 0.5) is 4.39 Å². The van der Waals surface area contributed by atoms with Crippen LogP contribution in [0.3, 0.4) is 0 Å². The van der Waals surface area contributed by atoms with Crippen LogP contribution in [0.25, 0.3) is 10.9 Å². The summed E-state index contributed by atoms with van der Waals surface area (Å²) >= 11 is 0. The molecule has 0 atom stereocenters. The maximum atomic E-state index is 12.8. The molecule has 0 saturated carbocycles. The smallest absolute Gasteiger partial charge is 0.338 e. The first kappa shape index (κ1) is 18.2. The molecule has 28 heavy (non-hydrogen) atoms. The molecule has 0 fully saturated rings. The molecule has 144 valence electrons. The van der Waals surface area contributed by atoms with E-state index in [2.05, 4.69) is 4.98 Å². The lowest BCUT2D eigenvalue weighted by Gasteiger charge is -2.08. The van der Waals surface area contributed by atoms with E-state index in [1.54, 1.807) is 34.9 Å². The number of fused-ring (bicyclic) bond motifs is 2. The predicted molar refractivity (Wildman–Crippen MR) is 101 cm³/mol. The monoisotopic (exact) mass is 382 g/mol. The summed E-state index contributed by atoms with van der Waals surface area (Å²) in [4.78, 5) is 29.2. The summed E-state index contributed by atoms with van der Waals surface area (Å²) in [6, 6.07) is 10.6. The second-order valence-electron chi connectivity index (χ2n) is 6.61. The van der Waals surface area contributed by atoms with Gasteiger partial charge in [-0.15, -0.1) is 0 Å². The Bertz CT molecular complexity index is 1080. The van der Waals surface area contributed by atoms with E-state index in [0.29, 0.717) is 41.8 Å². The van der Waals surface area contributed by atoms with Crippen LogP contribution in [0.2, 0.25) is 0 Å². The first-order valence-electron chi connectivity index (χ1n) is 9.21. The molecule has 0 spiro atoms. The number of hydrogen-bond donors (Lipinski definition) is 0. The summed E-state index contributed by atoms with van der Waals surface area (Å²) < 4.78 is 25.2. The van der Waals surface area contributed by atoms with Crippen LogP contribution < -0.4 is 10.3 Å². The lowest BCUT2D eigenvalue weighted by Crippen LogP contribution is -2.21. The first-order valence-corrected chi connectivity index (χ1v) is 9.21. The summed E-state index contributed by atoms with van der Waals surface area (Å²) in [6.07, 6.45) is 2.19. The average Bonchev–Trinajstić information content (AvgIpc) is 3.17. The molecule has 0 aliphatic carbocycles. The fraction of sp³-hybridized carbons (Fsp3) is 0.286. The Labute approximate surface area is 160 Å². The molecule has 0 bridgehead atoms. The van der Waals surface area contributed by atoms with Gasteiger partial charge in [0, 0.05) is 19.4 Å². The SMILES string of the molecule is O=C(OCCCOc1ccc(F)cc1)c1ccc2c(=O)n3c(nc2c1)CCC3. The highest BCUT2D eigenvalue weighted by Crippen LogP contribution is 2.17. The van der Waals surface area contributed by atoms with Gasteiger partial charge < -0.3 is 9.47 Å². The molecule has 0 radical (unpaired) electrons. The Hall–Kier alpha value is -3.22. The zero-order chi connectivity index (χ0) is 19.5. The van der Waals surface area contributed by atoms with Crippen LogP contribution in [0.1, 0.15) is 29.0 Å². The average molecular weight is 382 g/mol. The molecule has 0 saturated heterocycles. The summed E-state index contributed by atoms with van der Waals surface area (Å²) in [5, 5.41) is 0.509. The molecule has 1 aromatic heterocycles. The highest BCUT2D eigenvalue weighted by atomic mass is 19.1. The van der Waals surface area contributed by atoms with E-state index in [9.17, 15) is 14.0 Å². The number of esters is 1. The lowest BCUT2D eigenvalue weighted by molar-refractivity contribution is 0.0486. The Morgan fingerprint density at radius 1 is 1.14 bits per heavy atom. The van der Waals surface area contributed by atoms with Crippen molar-refractivity contribution in [3.8, 4) is 5.75 Å². The van der Waals surface area contributed by atoms with Gasteiger partial charge in [0.25, 0.3) is 5.56 Å². The number of carbonyl (C=O) groups excluding carboxylic acids is 1.